The van der Waals surface area contributed by atoms with Crippen LogP contribution in [-0.2, 0) is 6.54 Å². The van der Waals surface area contributed by atoms with Crippen LogP contribution in [0.2, 0.25) is 0 Å². The van der Waals surface area contributed by atoms with Gasteiger partial charge in [0.2, 0.25) is 5.52 Å². The smallest absolute Gasteiger partial charge is 0.262 e. The van der Waals surface area contributed by atoms with Gasteiger partial charge in [0.25, 0.3) is 5.01 Å². The van der Waals surface area contributed by atoms with E-state index < -0.39 is 0 Å². The van der Waals surface area contributed by atoms with Gasteiger partial charge in [-0.05, 0) is 29.1 Å². The van der Waals surface area contributed by atoms with E-state index in [2.05, 4.69) is 115 Å². The standard InChI is InChI=1S/C27H29N2S/c1-4-5-20-29-25-19-16-22-11-7-8-12-24(22)27(25)30-26(29)13-9-6-10-21-14-17-23(18-15-21)28(2)3/h6-19H,4-5,20H2,1-3H3/q+1. The molecule has 0 atom stereocenters. The first-order valence-corrected chi connectivity index (χ1v) is 11.5. The fourth-order valence-corrected chi connectivity index (χ4v) is 4.92. The number of thiazole rings is 1. The molecule has 152 valence electrons. The molecule has 4 aromatic rings. The zero-order chi connectivity index (χ0) is 20.9. The first kappa shape index (κ1) is 20.4. The quantitative estimate of drug-likeness (QED) is 0.235. The van der Waals surface area contributed by atoms with Crippen LogP contribution in [0, 0.1) is 0 Å². The number of hydrogen-bond acceptors (Lipinski definition) is 2. The number of unbranched alkanes of at least 4 members (excludes halogenated alkanes) is 1. The number of nitrogens with zero attached hydrogens (tertiary/aromatic N) is 2. The molecule has 0 amide bonds. The van der Waals surface area contributed by atoms with Crippen LogP contribution in [0.15, 0.2) is 72.8 Å². The average molecular weight is 414 g/mol. The third-order valence-electron chi connectivity index (χ3n) is 5.41. The molecular weight excluding hydrogens is 384 g/mol. The van der Waals surface area contributed by atoms with Crippen molar-refractivity contribution in [2.45, 2.75) is 26.3 Å². The molecule has 2 nitrogen and oxygen atoms in total. The van der Waals surface area contributed by atoms with E-state index in [0.29, 0.717) is 0 Å². The highest BCUT2D eigenvalue weighted by Crippen LogP contribution is 2.30. The lowest BCUT2D eigenvalue weighted by atomic mass is 10.1. The molecule has 30 heavy (non-hydrogen) atoms. The first-order valence-electron chi connectivity index (χ1n) is 10.6. The van der Waals surface area contributed by atoms with Crippen molar-refractivity contribution in [3.8, 4) is 0 Å². The Morgan fingerprint density at radius 1 is 0.900 bits per heavy atom. The monoisotopic (exact) mass is 413 g/mol. The molecule has 3 aromatic carbocycles. The van der Waals surface area contributed by atoms with Gasteiger partial charge < -0.3 is 4.90 Å². The molecule has 0 bridgehead atoms. The molecule has 0 unspecified atom stereocenters. The first-order chi connectivity index (χ1) is 14.7. The molecule has 1 aromatic heterocycles. The van der Waals surface area contributed by atoms with Crippen LogP contribution in [0.3, 0.4) is 0 Å². The molecule has 1 heterocycles. The van der Waals surface area contributed by atoms with Crippen molar-refractivity contribution in [2.24, 2.45) is 0 Å². The molecule has 3 heteroatoms. The second kappa shape index (κ2) is 9.27. The highest BCUT2D eigenvalue weighted by atomic mass is 32.1. The highest BCUT2D eigenvalue weighted by molar-refractivity contribution is 7.19. The molecule has 0 aliphatic carbocycles. The molecule has 0 aliphatic heterocycles. The zero-order valence-electron chi connectivity index (χ0n) is 18.0. The van der Waals surface area contributed by atoms with Crippen molar-refractivity contribution in [1.29, 1.82) is 0 Å². The topological polar surface area (TPSA) is 7.12 Å². The van der Waals surface area contributed by atoms with E-state index in [1.54, 1.807) is 0 Å². The van der Waals surface area contributed by atoms with E-state index in [4.69, 9.17) is 0 Å². The fourth-order valence-electron chi connectivity index (χ4n) is 3.69. The summed E-state index contributed by atoms with van der Waals surface area (Å²) in [5, 5.41) is 3.97. The SMILES string of the molecule is CCCC[n+]1c(C=CC=Cc2ccc(N(C)C)cc2)sc2c3ccccc3ccc21. The van der Waals surface area contributed by atoms with Crippen molar-refractivity contribution in [3.63, 3.8) is 0 Å². The highest BCUT2D eigenvalue weighted by Gasteiger charge is 2.19. The number of anilines is 1. The summed E-state index contributed by atoms with van der Waals surface area (Å²) >= 11 is 1.89. The summed E-state index contributed by atoms with van der Waals surface area (Å²) in [6.07, 6.45) is 11.1. The number of allylic oxidation sites excluding steroid dienone is 2. The van der Waals surface area contributed by atoms with Gasteiger partial charge in [-0.15, -0.1) is 0 Å². The predicted octanol–water partition coefficient (Wildman–Crippen LogP) is 6.93. The summed E-state index contributed by atoms with van der Waals surface area (Å²) in [5.74, 6) is 0. The molecule has 0 aliphatic rings. The molecule has 0 spiro atoms. The minimum Gasteiger partial charge on any atom is -0.378 e. The number of rotatable bonds is 7. The fraction of sp³-hybridized carbons (Fsp3) is 0.222. The Hall–Kier alpha value is -2.91. The van der Waals surface area contributed by atoms with Gasteiger partial charge in [-0.3, -0.25) is 0 Å². The van der Waals surface area contributed by atoms with Gasteiger partial charge in [0.1, 0.15) is 4.70 Å². The maximum absolute atomic E-state index is 2.48. The van der Waals surface area contributed by atoms with E-state index in [-0.39, 0.29) is 0 Å². The lowest BCUT2D eigenvalue weighted by molar-refractivity contribution is -0.669. The summed E-state index contributed by atoms with van der Waals surface area (Å²) in [4.78, 5) is 2.12. The van der Waals surface area contributed by atoms with Gasteiger partial charge in [0.15, 0.2) is 6.54 Å². The summed E-state index contributed by atoms with van der Waals surface area (Å²) in [6, 6.07) is 21.8. The normalized spacial score (nSPS) is 12.0. The van der Waals surface area contributed by atoms with Crippen molar-refractivity contribution in [2.75, 3.05) is 19.0 Å². The van der Waals surface area contributed by atoms with Crippen LogP contribution in [-0.4, -0.2) is 14.1 Å². The Labute approximate surface area is 183 Å². The van der Waals surface area contributed by atoms with Gasteiger partial charge in [-0.1, -0.05) is 79.3 Å². The average Bonchev–Trinajstić information content (AvgIpc) is 3.13. The van der Waals surface area contributed by atoms with E-state index in [0.717, 1.165) is 6.54 Å². The second-order valence-electron chi connectivity index (χ2n) is 7.78. The van der Waals surface area contributed by atoms with E-state index in [9.17, 15) is 0 Å². The Kier molecular flexibility index (Phi) is 6.29. The van der Waals surface area contributed by atoms with Gasteiger partial charge in [0, 0.05) is 43.7 Å². The molecule has 0 radical (unpaired) electrons. The van der Waals surface area contributed by atoms with Crippen LogP contribution in [0.1, 0.15) is 30.3 Å². The Morgan fingerprint density at radius 3 is 2.43 bits per heavy atom. The van der Waals surface area contributed by atoms with Crippen LogP contribution >= 0.6 is 11.3 Å². The van der Waals surface area contributed by atoms with Crippen LogP contribution in [0.25, 0.3) is 33.1 Å². The van der Waals surface area contributed by atoms with Crippen LogP contribution < -0.4 is 9.47 Å². The number of fused-ring (bicyclic) bond motifs is 3. The van der Waals surface area contributed by atoms with Crippen molar-refractivity contribution < 1.29 is 4.57 Å². The van der Waals surface area contributed by atoms with E-state index >= 15 is 0 Å². The molecule has 0 N–H and O–H groups in total. The van der Waals surface area contributed by atoms with Gasteiger partial charge >= 0.3 is 0 Å². The summed E-state index contributed by atoms with van der Waals surface area (Å²) in [7, 11) is 4.13. The van der Waals surface area contributed by atoms with Gasteiger partial charge in [-0.2, -0.15) is 4.57 Å². The van der Waals surface area contributed by atoms with Crippen molar-refractivity contribution in [3.05, 3.63) is 83.4 Å². The summed E-state index contributed by atoms with van der Waals surface area (Å²) in [5.41, 5.74) is 3.78. The predicted molar refractivity (Wildman–Crippen MR) is 133 cm³/mol. The van der Waals surface area contributed by atoms with E-state index in [1.807, 2.05) is 11.3 Å². The maximum atomic E-state index is 2.48. The number of benzene rings is 3. The molecule has 4 rings (SSSR count). The van der Waals surface area contributed by atoms with Crippen LogP contribution in [0.5, 0.6) is 0 Å². The van der Waals surface area contributed by atoms with Crippen molar-refractivity contribution >= 4 is 50.2 Å². The lowest BCUT2D eigenvalue weighted by Crippen LogP contribution is -2.34. The molecular formula is C27H29N2S+. The molecule has 0 saturated carbocycles. The van der Waals surface area contributed by atoms with E-state index in [1.165, 1.54) is 50.1 Å². The lowest BCUT2D eigenvalue weighted by Gasteiger charge is -2.11. The largest absolute Gasteiger partial charge is 0.378 e. The summed E-state index contributed by atoms with van der Waals surface area (Å²) < 4.78 is 3.86. The molecule has 0 fully saturated rings. The number of aryl methyl sites for hydroxylation is 1. The van der Waals surface area contributed by atoms with Gasteiger partial charge in [-0.25, -0.2) is 0 Å². The molecule has 0 saturated heterocycles. The third-order valence-corrected chi connectivity index (χ3v) is 6.60. The minimum absolute atomic E-state index is 1.06. The Bertz CT molecular complexity index is 1200. The Morgan fingerprint density at radius 2 is 1.67 bits per heavy atom. The third kappa shape index (κ3) is 4.31. The Balaban J connectivity index is 1.64. The maximum Gasteiger partial charge on any atom is 0.262 e. The number of aromatic nitrogens is 1. The summed E-state index contributed by atoms with van der Waals surface area (Å²) in [6.45, 7) is 3.31. The van der Waals surface area contributed by atoms with Crippen LogP contribution in [0.4, 0.5) is 5.69 Å². The van der Waals surface area contributed by atoms with Crippen molar-refractivity contribution in [1.82, 2.24) is 0 Å². The second-order valence-corrected chi connectivity index (χ2v) is 8.82. The number of hydrogen-bond donors (Lipinski definition) is 0. The van der Waals surface area contributed by atoms with Gasteiger partial charge in [0.05, 0.1) is 0 Å². The minimum atomic E-state index is 1.06. The zero-order valence-corrected chi connectivity index (χ0v) is 18.8.